The molecule has 0 N–H and O–H groups in total. The van der Waals surface area contributed by atoms with Crippen molar-refractivity contribution in [1.29, 1.82) is 0 Å². The maximum absolute atomic E-state index is 13.4. The molecule has 1 fully saturated rings. The number of halogens is 3. The molecule has 176 valence electrons. The first-order valence-corrected chi connectivity index (χ1v) is 10.8. The van der Waals surface area contributed by atoms with Gasteiger partial charge in [-0.05, 0) is 37.3 Å². The molecule has 2 aromatic carbocycles. The molecule has 33 heavy (non-hydrogen) atoms. The van der Waals surface area contributed by atoms with Crippen LogP contribution in [-0.4, -0.2) is 54.3 Å². The molecule has 0 saturated carbocycles. The van der Waals surface area contributed by atoms with Crippen molar-refractivity contribution in [2.45, 2.75) is 33.0 Å². The van der Waals surface area contributed by atoms with E-state index in [2.05, 4.69) is 4.99 Å². The van der Waals surface area contributed by atoms with Gasteiger partial charge in [-0.2, -0.15) is 13.2 Å². The molecule has 0 spiro atoms. The van der Waals surface area contributed by atoms with Crippen molar-refractivity contribution >= 4 is 17.4 Å². The number of ether oxygens (including phenoxy) is 2. The summed E-state index contributed by atoms with van der Waals surface area (Å²) in [5.41, 5.74) is -0.0445. The molecule has 9 heteroatoms. The van der Waals surface area contributed by atoms with Gasteiger partial charge in [-0.3, -0.25) is 4.79 Å². The third kappa shape index (κ3) is 4.49. The van der Waals surface area contributed by atoms with Gasteiger partial charge in [0.05, 0.1) is 18.2 Å². The molecule has 4 rings (SSSR count). The number of carbonyl (C=O) groups is 1. The van der Waals surface area contributed by atoms with E-state index >= 15 is 0 Å². The van der Waals surface area contributed by atoms with Crippen LogP contribution < -0.4 is 9.47 Å². The van der Waals surface area contributed by atoms with Gasteiger partial charge >= 0.3 is 6.18 Å². The van der Waals surface area contributed by atoms with Crippen molar-refractivity contribution < 1.29 is 27.4 Å². The highest BCUT2D eigenvalue weighted by Gasteiger charge is 2.34. The number of amidine groups is 1. The molecule has 0 aromatic heterocycles. The number of benzene rings is 2. The number of amides is 1. The van der Waals surface area contributed by atoms with Gasteiger partial charge in [-0.25, -0.2) is 4.99 Å². The van der Waals surface area contributed by atoms with Crippen LogP contribution in [0.1, 0.15) is 31.9 Å². The molecule has 2 aliphatic rings. The number of hydrogen-bond acceptors (Lipinski definition) is 5. The number of carbonyl (C=O) groups excluding carboxylic acids is 1. The van der Waals surface area contributed by atoms with Gasteiger partial charge in [-0.1, -0.05) is 13.8 Å². The van der Waals surface area contributed by atoms with Gasteiger partial charge in [0, 0.05) is 37.7 Å². The second-order valence-electron chi connectivity index (χ2n) is 8.56. The average Bonchev–Trinajstić information content (AvgIpc) is 2.93. The molecule has 0 aliphatic carbocycles. The lowest BCUT2D eigenvalue weighted by atomic mass is 10.1. The number of fused-ring (bicyclic) bond motifs is 2. The number of alkyl halides is 3. The van der Waals surface area contributed by atoms with E-state index < -0.39 is 11.7 Å². The summed E-state index contributed by atoms with van der Waals surface area (Å²) >= 11 is 0. The Bertz CT molecular complexity index is 1100. The Balaban J connectivity index is 1.77. The fraction of sp³-hybridized carbons (Fsp3) is 0.417. The summed E-state index contributed by atoms with van der Waals surface area (Å²) < 4.78 is 51.4. The van der Waals surface area contributed by atoms with Gasteiger partial charge in [0.25, 0.3) is 0 Å². The Hall–Kier alpha value is -3.23. The zero-order chi connectivity index (χ0) is 23.9. The number of piperazine rings is 1. The lowest BCUT2D eigenvalue weighted by molar-refractivity contribution is -0.138. The zero-order valence-corrected chi connectivity index (χ0v) is 18.9. The second-order valence-corrected chi connectivity index (χ2v) is 8.56. The molecule has 1 atom stereocenters. The standard InChI is InChI=1S/C24H26F3N3O3/c1-14(2)23(31)30-10-9-29(13-15(30)3)22-18-7-6-17(32-4)12-21(18)33-20-8-5-16(24(25,26)27)11-19(20)28-22/h5-8,11-12,14-15H,9-10,13H2,1-4H3. The van der Waals surface area contributed by atoms with Gasteiger partial charge in [0.1, 0.15) is 23.0 Å². The summed E-state index contributed by atoms with van der Waals surface area (Å²) in [6, 6.07) is 8.44. The first-order chi connectivity index (χ1) is 15.6. The molecule has 0 radical (unpaired) electrons. The molecule has 6 nitrogen and oxygen atoms in total. The van der Waals surface area contributed by atoms with Crippen LogP contribution in [0.25, 0.3) is 0 Å². The summed E-state index contributed by atoms with van der Waals surface area (Å²) in [4.78, 5) is 21.0. The van der Waals surface area contributed by atoms with Crippen molar-refractivity contribution in [3.8, 4) is 17.2 Å². The predicted octanol–water partition coefficient (Wildman–Crippen LogP) is 5.09. The minimum Gasteiger partial charge on any atom is -0.497 e. The van der Waals surface area contributed by atoms with E-state index in [1.54, 1.807) is 18.2 Å². The Morgan fingerprint density at radius 3 is 2.55 bits per heavy atom. The summed E-state index contributed by atoms with van der Waals surface area (Å²) in [7, 11) is 1.53. The smallest absolute Gasteiger partial charge is 0.416 e. The Morgan fingerprint density at radius 1 is 1.15 bits per heavy atom. The van der Waals surface area contributed by atoms with Crippen LogP contribution in [0.4, 0.5) is 18.9 Å². The highest BCUT2D eigenvalue weighted by atomic mass is 19.4. The summed E-state index contributed by atoms with van der Waals surface area (Å²) in [5, 5.41) is 0. The van der Waals surface area contributed by atoms with Gasteiger partial charge < -0.3 is 19.3 Å². The van der Waals surface area contributed by atoms with E-state index in [-0.39, 0.29) is 29.3 Å². The van der Waals surface area contributed by atoms with Crippen LogP contribution in [0.15, 0.2) is 41.4 Å². The van der Waals surface area contributed by atoms with E-state index in [1.807, 2.05) is 30.6 Å². The monoisotopic (exact) mass is 461 g/mol. The number of methoxy groups -OCH3 is 1. The fourth-order valence-electron chi connectivity index (χ4n) is 4.11. The van der Waals surface area contributed by atoms with E-state index in [4.69, 9.17) is 9.47 Å². The van der Waals surface area contributed by atoms with E-state index in [1.165, 1.54) is 13.2 Å². The molecule has 1 unspecified atom stereocenters. The SMILES string of the molecule is COc1ccc2c(c1)Oc1ccc(C(F)(F)F)cc1N=C2N1CCN(C(=O)C(C)C)C(C)C1. The van der Waals surface area contributed by atoms with Crippen LogP contribution in [0.3, 0.4) is 0 Å². The largest absolute Gasteiger partial charge is 0.497 e. The molecule has 0 bridgehead atoms. The lowest BCUT2D eigenvalue weighted by Gasteiger charge is -2.42. The number of rotatable bonds is 2. The molecular formula is C24H26F3N3O3. The molecule has 1 amide bonds. The quantitative estimate of drug-likeness (QED) is 0.626. The van der Waals surface area contributed by atoms with Crippen LogP contribution in [0.2, 0.25) is 0 Å². The van der Waals surface area contributed by atoms with Crippen molar-refractivity contribution in [3.63, 3.8) is 0 Å². The summed E-state index contributed by atoms with van der Waals surface area (Å²) in [6.07, 6.45) is -4.50. The van der Waals surface area contributed by atoms with Crippen molar-refractivity contribution in [2.24, 2.45) is 10.9 Å². The molecular weight excluding hydrogens is 435 g/mol. The van der Waals surface area contributed by atoms with Crippen LogP contribution in [0.5, 0.6) is 17.2 Å². The Labute approximate surface area is 190 Å². The van der Waals surface area contributed by atoms with Crippen molar-refractivity contribution in [2.75, 3.05) is 26.7 Å². The summed E-state index contributed by atoms with van der Waals surface area (Å²) in [6.45, 7) is 7.20. The topological polar surface area (TPSA) is 54.4 Å². The van der Waals surface area contributed by atoms with E-state index in [0.29, 0.717) is 42.5 Å². The van der Waals surface area contributed by atoms with Crippen LogP contribution in [0, 0.1) is 5.92 Å². The highest BCUT2D eigenvalue weighted by Crippen LogP contribution is 2.42. The maximum Gasteiger partial charge on any atom is 0.416 e. The average molecular weight is 461 g/mol. The van der Waals surface area contributed by atoms with E-state index in [9.17, 15) is 18.0 Å². The first-order valence-electron chi connectivity index (χ1n) is 10.8. The third-order valence-electron chi connectivity index (χ3n) is 5.87. The van der Waals surface area contributed by atoms with Gasteiger partial charge in [0.15, 0.2) is 5.75 Å². The lowest BCUT2D eigenvalue weighted by Crippen LogP contribution is -2.56. The zero-order valence-electron chi connectivity index (χ0n) is 18.9. The van der Waals surface area contributed by atoms with Gasteiger partial charge in [-0.15, -0.1) is 0 Å². The highest BCUT2D eigenvalue weighted by molar-refractivity contribution is 6.04. The molecule has 1 saturated heterocycles. The van der Waals surface area contributed by atoms with Crippen molar-refractivity contribution in [3.05, 3.63) is 47.5 Å². The number of aliphatic imine (C=N–C) groups is 1. The fourth-order valence-corrected chi connectivity index (χ4v) is 4.11. The minimum atomic E-state index is -4.50. The Kier molecular flexibility index (Phi) is 5.99. The second kappa shape index (κ2) is 8.61. The predicted molar refractivity (Wildman–Crippen MR) is 118 cm³/mol. The van der Waals surface area contributed by atoms with Crippen LogP contribution in [-0.2, 0) is 11.0 Å². The molecule has 2 aliphatic heterocycles. The Morgan fingerprint density at radius 2 is 1.91 bits per heavy atom. The number of nitrogens with zero attached hydrogens (tertiary/aromatic N) is 3. The van der Waals surface area contributed by atoms with Crippen LogP contribution >= 0.6 is 0 Å². The number of hydrogen-bond donors (Lipinski definition) is 0. The van der Waals surface area contributed by atoms with Gasteiger partial charge in [0.2, 0.25) is 5.91 Å². The molecule has 2 aromatic rings. The maximum atomic E-state index is 13.4. The van der Waals surface area contributed by atoms with E-state index in [0.717, 1.165) is 12.1 Å². The third-order valence-corrected chi connectivity index (χ3v) is 5.87. The van der Waals surface area contributed by atoms with Crippen molar-refractivity contribution in [1.82, 2.24) is 9.80 Å². The normalized spacial score (nSPS) is 18.2. The summed E-state index contributed by atoms with van der Waals surface area (Å²) in [5.74, 6) is 1.72. The minimum absolute atomic E-state index is 0.0804. The molecule has 2 heterocycles. The first kappa shape index (κ1) is 22.9.